The summed E-state index contributed by atoms with van der Waals surface area (Å²) < 4.78 is 11.4. The van der Waals surface area contributed by atoms with Gasteiger partial charge in [0.15, 0.2) is 0 Å². The van der Waals surface area contributed by atoms with E-state index in [2.05, 4.69) is 0 Å². The van der Waals surface area contributed by atoms with E-state index in [1.165, 1.54) is 0 Å². The third-order valence-electron chi connectivity index (χ3n) is 5.13. The molecular weight excluding hydrogens is 320 g/mol. The highest BCUT2D eigenvalue weighted by molar-refractivity contribution is 5.90. The molecule has 0 spiro atoms. The van der Waals surface area contributed by atoms with Crippen molar-refractivity contribution in [3.05, 3.63) is 30.3 Å². The minimum Gasteiger partial charge on any atom is -0.488 e. The molecule has 2 heterocycles. The molecule has 0 unspecified atom stereocenters. The van der Waals surface area contributed by atoms with Crippen LogP contribution in [0.5, 0.6) is 5.75 Å². The summed E-state index contributed by atoms with van der Waals surface area (Å²) in [5.74, 6) is 1.04. The van der Waals surface area contributed by atoms with E-state index in [-0.39, 0.29) is 23.8 Å². The molecule has 2 atom stereocenters. The van der Waals surface area contributed by atoms with Gasteiger partial charge >= 0.3 is 0 Å². The maximum absolute atomic E-state index is 13.0. The summed E-state index contributed by atoms with van der Waals surface area (Å²) in [6, 6.07) is 9.20. The van der Waals surface area contributed by atoms with Crippen LogP contribution in [0.3, 0.4) is 0 Å². The Balaban J connectivity index is 1.48. The fourth-order valence-corrected chi connectivity index (χ4v) is 3.61. The van der Waals surface area contributed by atoms with E-state index in [4.69, 9.17) is 9.47 Å². The van der Waals surface area contributed by atoms with Crippen molar-refractivity contribution in [2.75, 3.05) is 32.8 Å². The summed E-state index contributed by atoms with van der Waals surface area (Å²) in [6.07, 6.45) is 2.31. The largest absolute Gasteiger partial charge is 0.488 e. The molecular formula is C19H24N2O4. The number of benzene rings is 1. The maximum atomic E-state index is 13.0. The second-order valence-corrected chi connectivity index (χ2v) is 7.01. The topological polar surface area (TPSA) is 59.1 Å². The number of morpholine rings is 1. The van der Waals surface area contributed by atoms with Crippen molar-refractivity contribution in [2.24, 2.45) is 5.92 Å². The first kappa shape index (κ1) is 16.4. The lowest BCUT2D eigenvalue weighted by atomic mass is 10.1. The molecule has 1 aromatic carbocycles. The van der Waals surface area contributed by atoms with E-state index in [0.717, 1.165) is 18.6 Å². The zero-order valence-corrected chi connectivity index (χ0v) is 14.3. The average Bonchev–Trinajstić information content (AvgIpc) is 3.43. The Morgan fingerprint density at radius 3 is 2.44 bits per heavy atom. The van der Waals surface area contributed by atoms with Crippen LogP contribution in [0.25, 0.3) is 0 Å². The Kier molecular flexibility index (Phi) is 4.61. The number of carbonyl (C=O) groups is 2. The Hall–Kier alpha value is -2.08. The van der Waals surface area contributed by atoms with E-state index in [1.807, 2.05) is 35.2 Å². The third-order valence-corrected chi connectivity index (χ3v) is 5.13. The SMILES string of the molecule is O=C([C@@H]1C[C@H](Oc2ccccc2)CN1C(=O)C1CC1)N1CCOCC1. The highest BCUT2D eigenvalue weighted by atomic mass is 16.5. The van der Waals surface area contributed by atoms with Crippen LogP contribution < -0.4 is 4.74 Å². The number of carbonyl (C=O) groups excluding carboxylic acids is 2. The lowest BCUT2D eigenvalue weighted by molar-refractivity contribution is -0.147. The van der Waals surface area contributed by atoms with Crippen molar-refractivity contribution >= 4 is 11.8 Å². The van der Waals surface area contributed by atoms with E-state index in [0.29, 0.717) is 39.3 Å². The minimum absolute atomic E-state index is 0.0384. The van der Waals surface area contributed by atoms with Gasteiger partial charge in [-0.3, -0.25) is 9.59 Å². The Morgan fingerprint density at radius 2 is 1.76 bits per heavy atom. The molecule has 6 nitrogen and oxygen atoms in total. The number of ether oxygens (including phenoxy) is 2. The highest BCUT2D eigenvalue weighted by Gasteiger charge is 2.46. The molecule has 1 aromatic rings. The minimum atomic E-state index is -0.403. The first-order valence-corrected chi connectivity index (χ1v) is 9.11. The van der Waals surface area contributed by atoms with Gasteiger partial charge in [0, 0.05) is 25.4 Å². The summed E-state index contributed by atoms with van der Waals surface area (Å²) in [5.41, 5.74) is 0. The molecule has 2 saturated heterocycles. The lowest BCUT2D eigenvalue weighted by Gasteiger charge is -2.32. The second-order valence-electron chi connectivity index (χ2n) is 7.01. The standard InChI is InChI=1S/C19H24N2O4/c22-18(14-6-7-14)21-13-16(25-15-4-2-1-3-5-15)12-17(21)19(23)20-8-10-24-11-9-20/h1-5,14,16-17H,6-13H2/t16-,17-/m0/s1. The maximum Gasteiger partial charge on any atom is 0.245 e. The first-order valence-electron chi connectivity index (χ1n) is 9.11. The van der Waals surface area contributed by atoms with Gasteiger partial charge in [-0.2, -0.15) is 0 Å². The van der Waals surface area contributed by atoms with Gasteiger partial charge in [0.05, 0.1) is 19.8 Å². The van der Waals surface area contributed by atoms with Gasteiger partial charge < -0.3 is 19.3 Å². The summed E-state index contributed by atoms with van der Waals surface area (Å²) in [5, 5.41) is 0. The van der Waals surface area contributed by atoms with Gasteiger partial charge in [-0.1, -0.05) is 18.2 Å². The summed E-state index contributed by atoms with van der Waals surface area (Å²) in [7, 11) is 0. The van der Waals surface area contributed by atoms with Gasteiger partial charge in [-0.05, 0) is 25.0 Å². The molecule has 1 saturated carbocycles. The quantitative estimate of drug-likeness (QED) is 0.826. The molecule has 0 N–H and O–H groups in total. The van der Waals surface area contributed by atoms with Crippen LogP contribution in [0.4, 0.5) is 0 Å². The van der Waals surface area contributed by atoms with Gasteiger partial charge in [0.2, 0.25) is 11.8 Å². The normalized spacial score (nSPS) is 26.6. The van der Waals surface area contributed by atoms with Crippen LogP contribution >= 0.6 is 0 Å². The molecule has 2 amide bonds. The van der Waals surface area contributed by atoms with Crippen LogP contribution in [0, 0.1) is 5.92 Å². The van der Waals surface area contributed by atoms with Gasteiger partial charge in [0.25, 0.3) is 0 Å². The zero-order valence-electron chi connectivity index (χ0n) is 14.3. The molecule has 3 aliphatic rings. The number of amides is 2. The van der Waals surface area contributed by atoms with Crippen molar-refractivity contribution in [2.45, 2.75) is 31.4 Å². The first-order chi connectivity index (χ1) is 12.2. The van der Waals surface area contributed by atoms with Crippen LogP contribution in [0.1, 0.15) is 19.3 Å². The second kappa shape index (κ2) is 7.04. The average molecular weight is 344 g/mol. The summed E-state index contributed by atoms with van der Waals surface area (Å²) in [4.78, 5) is 29.2. The van der Waals surface area contributed by atoms with Crippen LogP contribution in [-0.2, 0) is 14.3 Å². The Morgan fingerprint density at radius 1 is 1.04 bits per heavy atom. The summed E-state index contributed by atoms with van der Waals surface area (Å²) >= 11 is 0. The number of hydrogen-bond acceptors (Lipinski definition) is 4. The summed E-state index contributed by atoms with van der Waals surface area (Å²) in [6.45, 7) is 2.83. The smallest absolute Gasteiger partial charge is 0.245 e. The number of para-hydroxylation sites is 1. The molecule has 25 heavy (non-hydrogen) atoms. The molecule has 6 heteroatoms. The van der Waals surface area contributed by atoms with Crippen LogP contribution in [-0.4, -0.2) is 66.6 Å². The number of likely N-dealkylation sites (tertiary alicyclic amines) is 1. The van der Waals surface area contributed by atoms with Gasteiger partial charge in [-0.15, -0.1) is 0 Å². The van der Waals surface area contributed by atoms with Gasteiger partial charge in [0.1, 0.15) is 17.9 Å². The Labute approximate surface area is 147 Å². The predicted octanol–water partition coefficient (Wildman–Crippen LogP) is 1.30. The zero-order chi connectivity index (χ0) is 17.2. The van der Waals surface area contributed by atoms with Crippen molar-refractivity contribution in [3.63, 3.8) is 0 Å². The monoisotopic (exact) mass is 344 g/mol. The van der Waals surface area contributed by atoms with Crippen molar-refractivity contribution in [1.82, 2.24) is 9.80 Å². The van der Waals surface area contributed by atoms with Crippen molar-refractivity contribution < 1.29 is 19.1 Å². The fourth-order valence-electron chi connectivity index (χ4n) is 3.61. The predicted molar refractivity (Wildman–Crippen MR) is 91.1 cm³/mol. The molecule has 2 aliphatic heterocycles. The van der Waals surface area contributed by atoms with Crippen molar-refractivity contribution in [1.29, 1.82) is 0 Å². The van der Waals surface area contributed by atoms with E-state index < -0.39 is 6.04 Å². The number of nitrogens with zero attached hydrogens (tertiary/aromatic N) is 2. The van der Waals surface area contributed by atoms with E-state index >= 15 is 0 Å². The molecule has 0 radical (unpaired) electrons. The molecule has 134 valence electrons. The van der Waals surface area contributed by atoms with Crippen LogP contribution in [0.15, 0.2) is 30.3 Å². The van der Waals surface area contributed by atoms with E-state index in [9.17, 15) is 9.59 Å². The molecule has 4 rings (SSSR count). The molecule has 0 aromatic heterocycles. The Bertz CT molecular complexity index is 626. The van der Waals surface area contributed by atoms with Crippen LogP contribution in [0.2, 0.25) is 0 Å². The molecule has 3 fully saturated rings. The molecule has 0 bridgehead atoms. The molecule has 1 aliphatic carbocycles. The highest BCUT2D eigenvalue weighted by Crippen LogP contribution is 2.35. The number of rotatable bonds is 4. The lowest BCUT2D eigenvalue weighted by Crippen LogP contribution is -2.51. The van der Waals surface area contributed by atoms with Gasteiger partial charge in [-0.25, -0.2) is 0 Å². The van der Waals surface area contributed by atoms with Crippen molar-refractivity contribution in [3.8, 4) is 5.75 Å². The fraction of sp³-hybridized carbons (Fsp3) is 0.579. The third kappa shape index (κ3) is 3.63. The van der Waals surface area contributed by atoms with E-state index in [1.54, 1.807) is 4.90 Å². The number of hydrogen-bond donors (Lipinski definition) is 0.